The Morgan fingerprint density at radius 3 is 2.63 bits per heavy atom. The summed E-state index contributed by atoms with van der Waals surface area (Å²) in [5, 5.41) is 9.63. The molecule has 8 nitrogen and oxygen atoms in total. The third kappa shape index (κ3) is 5.18. The summed E-state index contributed by atoms with van der Waals surface area (Å²) in [6.07, 6.45) is 1.54. The van der Waals surface area contributed by atoms with Crippen LogP contribution in [-0.4, -0.2) is 77.7 Å². The fourth-order valence-electron chi connectivity index (χ4n) is 3.49. The number of hydrogen-bond donors (Lipinski definition) is 2. The molecule has 0 unspecified atom stereocenters. The summed E-state index contributed by atoms with van der Waals surface area (Å²) >= 11 is 0. The van der Waals surface area contributed by atoms with Gasteiger partial charge in [0.15, 0.2) is 0 Å². The molecule has 1 atom stereocenters. The molecular formula is C22H31N5O3. The summed E-state index contributed by atoms with van der Waals surface area (Å²) < 4.78 is 5.72. The van der Waals surface area contributed by atoms with Crippen molar-refractivity contribution in [1.29, 1.82) is 0 Å². The molecule has 2 aromatic rings. The third-order valence-electron chi connectivity index (χ3n) is 5.51. The van der Waals surface area contributed by atoms with E-state index in [1.165, 1.54) is 11.8 Å². The summed E-state index contributed by atoms with van der Waals surface area (Å²) in [6.45, 7) is 8.49. The van der Waals surface area contributed by atoms with E-state index in [9.17, 15) is 9.59 Å². The van der Waals surface area contributed by atoms with Gasteiger partial charge < -0.3 is 15.0 Å². The van der Waals surface area contributed by atoms with E-state index in [4.69, 9.17) is 4.74 Å². The zero-order chi connectivity index (χ0) is 21.7. The van der Waals surface area contributed by atoms with Gasteiger partial charge in [-0.3, -0.25) is 19.6 Å². The number of carbonyl (C=O) groups is 2. The maximum absolute atomic E-state index is 12.7. The first-order chi connectivity index (χ1) is 14.4. The van der Waals surface area contributed by atoms with Crippen LogP contribution in [0.25, 0.3) is 0 Å². The molecule has 0 aliphatic carbocycles. The van der Waals surface area contributed by atoms with E-state index < -0.39 is 0 Å². The second-order valence-corrected chi connectivity index (χ2v) is 8.02. The minimum Gasteiger partial charge on any atom is -0.492 e. The van der Waals surface area contributed by atoms with E-state index in [0.717, 1.165) is 11.4 Å². The molecular weight excluding hydrogens is 382 g/mol. The average molecular weight is 414 g/mol. The fraction of sp³-hybridized carbons (Fsp3) is 0.500. The lowest BCUT2D eigenvalue weighted by molar-refractivity contribution is -0.127. The van der Waals surface area contributed by atoms with Crippen molar-refractivity contribution in [3.63, 3.8) is 0 Å². The number of nitrogens with one attached hydrogen (secondary N) is 2. The molecule has 0 saturated carbocycles. The van der Waals surface area contributed by atoms with Gasteiger partial charge in [0.1, 0.15) is 18.4 Å². The SMILES string of the molecule is Cc1[nH]ncc1C(=O)N1CCN(C)[C@H](C(=O)NCCOc2ccc(C(C)C)cc2)C1. The number of amides is 2. The molecule has 1 aromatic carbocycles. The zero-order valence-corrected chi connectivity index (χ0v) is 18.1. The van der Waals surface area contributed by atoms with Crippen LogP contribution in [-0.2, 0) is 4.79 Å². The molecule has 1 aliphatic rings. The van der Waals surface area contributed by atoms with Crippen molar-refractivity contribution in [2.75, 3.05) is 39.8 Å². The number of nitrogens with zero attached hydrogens (tertiary/aromatic N) is 3. The number of ether oxygens (including phenoxy) is 1. The van der Waals surface area contributed by atoms with Gasteiger partial charge in [-0.1, -0.05) is 26.0 Å². The van der Waals surface area contributed by atoms with Crippen LogP contribution >= 0.6 is 0 Å². The minimum absolute atomic E-state index is 0.0969. The monoisotopic (exact) mass is 413 g/mol. The lowest BCUT2D eigenvalue weighted by Gasteiger charge is -2.38. The van der Waals surface area contributed by atoms with Crippen LogP contribution in [0.5, 0.6) is 5.75 Å². The van der Waals surface area contributed by atoms with Gasteiger partial charge in [-0.2, -0.15) is 5.10 Å². The van der Waals surface area contributed by atoms with Gasteiger partial charge >= 0.3 is 0 Å². The highest BCUT2D eigenvalue weighted by Gasteiger charge is 2.33. The number of hydrogen-bond acceptors (Lipinski definition) is 5. The Bertz CT molecular complexity index is 862. The maximum atomic E-state index is 12.7. The van der Waals surface area contributed by atoms with Crippen LogP contribution in [0, 0.1) is 6.92 Å². The number of likely N-dealkylation sites (N-methyl/N-ethyl adjacent to an activating group) is 1. The van der Waals surface area contributed by atoms with Crippen molar-refractivity contribution in [1.82, 2.24) is 25.3 Å². The quantitative estimate of drug-likeness (QED) is 0.676. The van der Waals surface area contributed by atoms with Crippen LogP contribution in [0.4, 0.5) is 0 Å². The molecule has 1 aromatic heterocycles. The van der Waals surface area contributed by atoms with Crippen LogP contribution in [0.3, 0.4) is 0 Å². The van der Waals surface area contributed by atoms with Crippen LogP contribution in [0.15, 0.2) is 30.5 Å². The normalized spacial score (nSPS) is 17.2. The van der Waals surface area contributed by atoms with Crippen molar-refractivity contribution >= 4 is 11.8 Å². The first kappa shape index (κ1) is 21.8. The number of aromatic nitrogens is 2. The van der Waals surface area contributed by atoms with Crippen molar-refractivity contribution in [2.24, 2.45) is 0 Å². The van der Waals surface area contributed by atoms with E-state index in [-0.39, 0.29) is 17.9 Å². The molecule has 0 spiro atoms. The highest BCUT2D eigenvalue weighted by molar-refractivity contribution is 5.95. The van der Waals surface area contributed by atoms with E-state index in [1.807, 2.05) is 31.0 Å². The Kier molecular flexibility index (Phi) is 7.10. The molecule has 2 heterocycles. The summed E-state index contributed by atoms with van der Waals surface area (Å²) in [4.78, 5) is 29.1. The summed E-state index contributed by atoms with van der Waals surface area (Å²) in [5.74, 6) is 1.07. The van der Waals surface area contributed by atoms with E-state index in [2.05, 4.69) is 41.5 Å². The number of H-pyrrole nitrogens is 1. The number of benzene rings is 1. The van der Waals surface area contributed by atoms with E-state index in [0.29, 0.717) is 44.3 Å². The molecule has 2 N–H and O–H groups in total. The van der Waals surface area contributed by atoms with Gasteiger partial charge in [-0.15, -0.1) is 0 Å². The zero-order valence-electron chi connectivity index (χ0n) is 18.1. The standard InChI is InChI=1S/C22H31N5O3/c1-15(2)17-5-7-18(8-6-17)30-12-9-23-21(28)20-14-27(11-10-26(20)4)22(29)19-13-24-25-16(19)3/h5-8,13,15,20H,9-12,14H2,1-4H3,(H,23,28)(H,24,25)/t20-/m0/s1. The molecule has 1 fully saturated rings. The van der Waals surface area contributed by atoms with Crippen LogP contribution in [0.1, 0.15) is 41.4 Å². The minimum atomic E-state index is -0.389. The summed E-state index contributed by atoms with van der Waals surface area (Å²) in [5.41, 5.74) is 2.55. The smallest absolute Gasteiger partial charge is 0.257 e. The average Bonchev–Trinajstić information content (AvgIpc) is 3.17. The molecule has 1 aliphatic heterocycles. The van der Waals surface area contributed by atoms with Gasteiger partial charge in [-0.05, 0) is 37.6 Å². The summed E-state index contributed by atoms with van der Waals surface area (Å²) in [7, 11) is 1.90. The molecule has 1 saturated heterocycles. The Hall–Kier alpha value is -2.87. The highest BCUT2D eigenvalue weighted by Crippen LogP contribution is 2.18. The second-order valence-electron chi connectivity index (χ2n) is 8.02. The van der Waals surface area contributed by atoms with Gasteiger partial charge in [0.05, 0.1) is 18.3 Å². The largest absolute Gasteiger partial charge is 0.492 e. The van der Waals surface area contributed by atoms with Gasteiger partial charge in [0.25, 0.3) is 5.91 Å². The highest BCUT2D eigenvalue weighted by atomic mass is 16.5. The molecule has 3 rings (SSSR count). The first-order valence-electron chi connectivity index (χ1n) is 10.4. The predicted molar refractivity (Wildman–Crippen MR) is 115 cm³/mol. The molecule has 162 valence electrons. The van der Waals surface area contributed by atoms with Gasteiger partial charge in [-0.25, -0.2) is 0 Å². The molecule has 8 heteroatoms. The second kappa shape index (κ2) is 9.75. The summed E-state index contributed by atoms with van der Waals surface area (Å²) in [6, 6.07) is 7.63. The lowest BCUT2D eigenvalue weighted by Crippen LogP contribution is -2.59. The number of rotatable bonds is 7. The number of carbonyl (C=O) groups excluding carboxylic acids is 2. The van der Waals surface area contributed by atoms with Crippen molar-refractivity contribution < 1.29 is 14.3 Å². The van der Waals surface area contributed by atoms with Crippen molar-refractivity contribution in [2.45, 2.75) is 32.7 Å². The maximum Gasteiger partial charge on any atom is 0.257 e. The van der Waals surface area contributed by atoms with Crippen LogP contribution < -0.4 is 10.1 Å². The number of aromatic amines is 1. The van der Waals surface area contributed by atoms with Gasteiger partial charge in [0.2, 0.25) is 5.91 Å². The Morgan fingerprint density at radius 2 is 2.00 bits per heavy atom. The molecule has 0 radical (unpaired) electrons. The lowest BCUT2D eigenvalue weighted by atomic mass is 10.0. The molecule has 0 bridgehead atoms. The fourth-order valence-corrected chi connectivity index (χ4v) is 3.49. The molecule has 30 heavy (non-hydrogen) atoms. The number of aryl methyl sites for hydroxylation is 1. The predicted octanol–water partition coefficient (Wildman–Crippen LogP) is 1.79. The Morgan fingerprint density at radius 1 is 1.27 bits per heavy atom. The topological polar surface area (TPSA) is 90.6 Å². The molecule has 2 amide bonds. The first-order valence-corrected chi connectivity index (χ1v) is 10.4. The van der Waals surface area contributed by atoms with E-state index in [1.54, 1.807) is 4.90 Å². The van der Waals surface area contributed by atoms with E-state index >= 15 is 0 Å². The van der Waals surface area contributed by atoms with Gasteiger partial charge in [0, 0.05) is 25.3 Å². The Labute approximate surface area is 177 Å². The number of piperazine rings is 1. The van der Waals surface area contributed by atoms with Crippen molar-refractivity contribution in [3.05, 3.63) is 47.3 Å². The third-order valence-corrected chi connectivity index (χ3v) is 5.51. The van der Waals surface area contributed by atoms with Crippen LogP contribution in [0.2, 0.25) is 0 Å². The Balaban J connectivity index is 1.47. The van der Waals surface area contributed by atoms with Crippen molar-refractivity contribution in [3.8, 4) is 5.75 Å².